The molecule has 6 heteroatoms. The maximum atomic E-state index is 13.0. The summed E-state index contributed by atoms with van der Waals surface area (Å²) in [5.74, 6) is -4.67. The Hall–Kier alpha value is -0.750. The number of halogens is 2. The van der Waals surface area contributed by atoms with E-state index in [2.05, 4.69) is 10.2 Å². The fourth-order valence-electron chi connectivity index (χ4n) is 2.50. The summed E-state index contributed by atoms with van der Waals surface area (Å²) in [4.78, 5) is 13.0. The van der Waals surface area contributed by atoms with E-state index in [-0.39, 0.29) is 0 Å². The molecule has 2 unspecified atom stereocenters. The summed E-state index contributed by atoms with van der Waals surface area (Å²) in [6.07, 6.45) is -0.133. The third kappa shape index (κ3) is 2.74. The van der Waals surface area contributed by atoms with Crippen LogP contribution in [0.4, 0.5) is 8.78 Å². The minimum atomic E-state index is -3.29. The maximum absolute atomic E-state index is 13.0. The fraction of sp³-hybridized carbons (Fsp3) is 0.909. The van der Waals surface area contributed by atoms with E-state index >= 15 is 0 Å². The van der Waals surface area contributed by atoms with Gasteiger partial charge in [-0.3, -0.25) is 4.90 Å². The quantitative estimate of drug-likeness (QED) is 0.741. The molecule has 0 spiro atoms. The van der Waals surface area contributed by atoms with Crippen LogP contribution in [0.25, 0.3) is 0 Å². The summed E-state index contributed by atoms with van der Waals surface area (Å²) < 4.78 is 30.7. The van der Waals surface area contributed by atoms with E-state index in [4.69, 9.17) is 4.74 Å². The lowest BCUT2D eigenvalue weighted by Crippen LogP contribution is -2.41. The van der Waals surface area contributed by atoms with Gasteiger partial charge in [-0.2, -0.15) is 8.78 Å². The van der Waals surface area contributed by atoms with Crippen molar-refractivity contribution in [2.75, 3.05) is 26.2 Å². The molecule has 17 heavy (non-hydrogen) atoms. The largest absolute Gasteiger partial charge is 0.456 e. The van der Waals surface area contributed by atoms with Crippen molar-refractivity contribution >= 4 is 5.97 Å². The van der Waals surface area contributed by atoms with E-state index in [1.165, 1.54) is 0 Å². The van der Waals surface area contributed by atoms with Gasteiger partial charge in [0.2, 0.25) is 0 Å². The normalized spacial score (nSPS) is 32.1. The first kappa shape index (κ1) is 12.7. The third-order valence-corrected chi connectivity index (χ3v) is 3.45. The molecule has 0 aliphatic carbocycles. The van der Waals surface area contributed by atoms with Crippen LogP contribution in [-0.2, 0) is 9.53 Å². The lowest BCUT2D eigenvalue weighted by molar-refractivity contribution is -0.159. The molecule has 0 aromatic heterocycles. The average molecular weight is 248 g/mol. The van der Waals surface area contributed by atoms with Crippen molar-refractivity contribution < 1.29 is 18.3 Å². The molecule has 2 atom stereocenters. The number of hydrogen-bond donors (Lipinski definition) is 1. The number of rotatable bonds is 4. The van der Waals surface area contributed by atoms with Crippen LogP contribution in [0.3, 0.4) is 0 Å². The Morgan fingerprint density at radius 3 is 2.82 bits per heavy atom. The van der Waals surface area contributed by atoms with Gasteiger partial charge in [0.05, 0.1) is 6.42 Å². The first-order valence-electron chi connectivity index (χ1n) is 6.06. The molecule has 0 amide bonds. The summed E-state index contributed by atoms with van der Waals surface area (Å²) in [6, 6.07) is 0.368. The molecule has 2 saturated heterocycles. The smallest absolute Gasteiger partial charge is 0.377 e. The van der Waals surface area contributed by atoms with Gasteiger partial charge in [-0.1, -0.05) is 6.92 Å². The molecule has 4 nitrogen and oxygen atoms in total. The molecule has 0 bridgehead atoms. The van der Waals surface area contributed by atoms with Gasteiger partial charge in [0, 0.05) is 19.1 Å². The van der Waals surface area contributed by atoms with Gasteiger partial charge in [-0.05, 0) is 19.5 Å². The number of likely N-dealkylation sites (N-methyl/N-ethyl adjacent to an activating group) is 1. The number of nitrogens with zero attached hydrogens (tertiary/aromatic N) is 1. The van der Waals surface area contributed by atoms with Crippen molar-refractivity contribution in [3.05, 3.63) is 0 Å². The summed E-state index contributed by atoms with van der Waals surface area (Å²) in [5, 5.41) is 3.24. The lowest BCUT2D eigenvalue weighted by atomic mass is 10.1. The minimum Gasteiger partial charge on any atom is -0.456 e. The molecular formula is C11H18F2N2O2. The van der Waals surface area contributed by atoms with E-state index in [1.807, 2.05) is 6.92 Å². The Morgan fingerprint density at radius 2 is 2.35 bits per heavy atom. The van der Waals surface area contributed by atoms with Gasteiger partial charge in [-0.25, -0.2) is 4.79 Å². The number of hydrogen-bond acceptors (Lipinski definition) is 4. The molecule has 0 aromatic carbocycles. The highest BCUT2D eigenvalue weighted by Crippen LogP contribution is 2.31. The molecule has 2 aliphatic heterocycles. The third-order valence-electron chi connectivity index (χ3n) is 3.45. The molecule has 0 saturated carbocycles. The Kier molecular flexibility index (Phi) is 3.63. The number of cyclic esters (lactones) is 1. The van der Waals surface area contributed by atoms with Gasteiger partial charge in [0.1, 0.15) is 6.10 Å². The predicted octanol–water partition coefficient (Wildman–Crippen LogP) is 0.621. The van der Waals surface area contributed by atoms with Crippen LogP contribution in [0.15, 0.2) is 0 Å². The van der Waals surface area contributed by atoms with Crippen molar-refractivity contribution in [2.24, 2.45) is 0 Å². The second-order valence-electron chi connectivity index (χ2n) is 4.67. The van der Waals surface area contributed by atoms with E-state index in [1.54, 1.807) is 0 Å². The number of carbonyl (C=O) groups is 1. The van der Waals surface area contributed by atoms with Crippen LogP contribution in [-0.4, -0.2) is 55.1 Å². The highest BCUT2D eigenvalue weighted by atomic mass is 19.3. The minimum absolute atomic E-state index is 0.368. The zero-order valence-electron chi connectivity index (χ0n) is 9.92. The fourth-order valence-corrected chi connectivity index (χ4v) is 2.50. The highest BCUT2D eigenvalue weighted by molar-refractivity contribution is 5.79. The lowest BCUT2D eigenvalue weighted by Gasteiger charge is -2.28. The van der Waals surface area contributed by atoms with Crippen molar-refractivity contribution in [2.45, 2.75) is 37.8 Å². The topological polar surface area (TPSA) is 41.6 Å². The number of ether oxygens (including phenoxy) is 1. The number of nitrogens with one attached hydrogen (secondary N) is 1. The SMILES string of the molecule is CCN(CC1CC(F)(F)C(=O)O1)C1CCNC1. The van der Waals surface area contributed by atoms with Crippen molar-refractivity contribution in [3.63, 3.8) is 0 Å². The monoisotopic (exact) mass is 248 g/mol. The summed E-state index contributed by atoms with van der Waals surface area (Å²) in [6.45, 7) is 5.02. The van der Waals surface area contributed by atoms with E-state index in [0.29, 0.717) is 12.6 Å². The Balaban J connectivity index is 1.89. The first-order valence-corrected chi connectivity index (χ1v) is 6.06. The van der Waals surface area contributed by atoms with Gasteiger partial charge >= 0.3 is 11.9 Å². The molecule has 0 radical (unpaired) electrons. The first-order chi connectivity index (χ1) is 8.03. The zero-order chi connectivity index (χ0) is 12.5. The van der Waals surface area contributed by atoms with Crippen LogP contribution < -0.4 is 5.32 Å². The molecule has 98 valence electrons. The molecule has 0 aromatic rings. The standard InChI is InChI=1S/C11H18F2N2O2/c1-2-15(8-3-4-14-6-8)7-9-5-11(12,13)10(16)17-9/h8-9,14H,2-7H2,1H3. The Bertz CT molecular complexity index is 293. The van der Waals surface area contributed by atoms with Crippen LogP contribution in [0.5, 0.6) is 0 Å². The van der Waals surface area contributed by atoms with Gasteiger partial charge in [0.25, 0.3) is 0 Å². The van der Waals surface area contributed by atoms with Crippen molar-refractivity contribution in [3.8, 4) is 0 Å². The number of esters is 1. The van der Waals surface area contributed by atoms with Crippen LogP contribution >= 0.6 is 0 Å². The molecule has 2 heterocycles. The molecule has 2 aliphatic rings. The second-order valence-corrected chi connectivity index (χ2v) is 4.67. The van der Waals surface area contributed by atoms with Gasteiger partial charge in [-0.15, -0.1) is 0 Å². The number of carbonyl (C=O) groups excluding carboxylic acids is 1. The molecule has 2 rings (SSSR count). The van der Waals surface area contributed by atoms with Crippen molar-refractivity contribution in [1.82, 2.24) is 10.2 Å². The van der Waals surface area contributed by atoms with E-state index in [0.717, 1.165) is 26.1 Å². The average Bonchev–Trinajstić information content (AvgIpc) is 2.85. The Labute approximate surface area is 99.3 Å². The summed E-state index contributed by atoms with van der Waals surface area (Å²) >= 11 is 0. The van der Waals surface area contributed by atoms with E-state index < -0.39 is 24.4 Å². The van der Waals surface area contributed by atoms with Crippen LogP contribution in [0.2, 0.25) is 0 Å². The van der Waals surface area contributed by atoms with Crippen LogP contribution in [0, 0.1) is 0 Å². The summed E-state index contributed by atoms with van der Waals surface area (Å²) in [7, 11) is 0. The predicted molar refractivity (Wildman–Crippen MR) is 58.0 cm³/mol. The van der Waals surface area contributed by atoms with Gasteiger partial charge in [0.15, 0.2) is 0 Å². The van der Waals surface area contributed by atoms with Crippen molar-refractivity contribution in [1.29, 1.82) is 0 Å². The van der Waals surface area contributed by atoms with E-state index in [9.17, 15) is 13.6 Å². The van der Waals surface area contributed by atoms with Crippen LogP contribution in [0.1, 0.15) is 19.8 Å². The summed E-state index contributed by atoms with van der Waals surface area (Å²) in [5.41, 5.74) is 0. The Morgan fingerprint density at radius 1 is 1.59 bits per heavy atom. The zero-order valence-corrected chi connectivity index (χ0v) is 9.92. The van der Waals surface area contributed by atoms with Gasteiger partial charge < -0.3 is 10.1 Å². The number of alkyl halides is 2. The molecule has 2 fully saturated rings. The maximum Gasteiger partial charge on any atom is 0.377 e. The highest BCUT2D eigenvalue weighted by Gasteiger charge is 2.51. The second kappa shape index (κ2) is 4.86. The molecular weight excluding hydrogens is 230 g/mol. The molecule has 1 N–H and O–H groups in total.